The van der Waals surface area contributed by atoms with E-state index in [0.717, 1.165) is 38.5 Å². The van der Waals surface area contributed by atoms with E-state index in [4.69, 9.17) is 28.8 Å². The largest absolute Gasteiger partial charge is 0.480 e. The molecule has 0 aromatic heterocycles. The van der Waals surface area contributed by atoms with Gasteiger partial charge in [0.15, 0.2) is 0 Å². The molecule has 0 aromatic carbocycles. The smallest absolute Gasteiger partial charge is 0.329 e. The second kappa shape index (κ2) is 35.6. The average Bonchev–Trinajstić information content (AvgIpc) is 3.03. The lowest BCUT2D eigenvalue weighted by molar-refractivity contribution is -0.144. The number of hydrogen-bond acceptors (Lipinski definition) is 9. The zero-order chi connectivity index (χ0) is 33.8. The van der Waals surface area contributed by atoms with Crippen LogP contribution in [0.3, 0.4) is 0 Å². The summed E-state index contributed by atoms with van der Waals surface area (Å²) in [7, 11) is 0. The minimum absolute atomic E-state index is 0.0404. The van der Waals surface area contributed by atoms with Gasteiger partial charge in [-0.05, 0) is 19.3 Å². The van der Waals surface area contributed by atoms with Gasteiger partial charge in [-0.25, -0.2) is 4.79 Å². The Labute approximate surface area is 277 Å². The minimum Gasteiger partial charge on any atom is -0.480 e. The van der Waals surface area contributed by atoms with Gasteiger partial charge in [-0.2, -0.15) is 0 Å². The number of aliphatic carboxylic acids is 1. The van der Waals surface area contributed by atoms with Gasteiger partial charge < -0.3 is 39.4 Å². The van der Waals surface area contributed by atoms with Crippen molar-refractivity contribution < 1.29 is 48.0 Å². The van der Waals surface area contributed by atoms with Gasteiger partial charge in [-0.1, -0.05) is 90.4 Å². The molecule has 0 heterocycles. The maximum atomic E-state index is 12.0. The van der Waals surface area contributed by atoms with Crippen LogP contribution in [0.15, 0.2) is 0 Å². The molecule has 0 aliphatic rings. The highest BCUT2D eigenvalue weighted by Gasteiger charge is 2.04. The molecule has 0 aliphatic carbocycles. The number of carboxylic acid groups (broad SMARTS) is 1. The molecule has 0 rings (SSSR count). The van der Waals surface area contributed by atoms with Crippen LogP contribution in [0.5, 0.6) is 0 Å². The van der Waals surface area contributed by atoms with Gasteiger partial charge in [0.25, 0.3) is 0 Å². The Kier molecular flexibility index (Phi) is 33.8. The van der Waals surface area contributed by atoms with Crippen LogP contribution < -0.4 is 10.6 Å². The molecule has 0 bridgehead atoms. The SMILES string of the molecule is CCCCOC(=O)CCCCCCCCCCCCCCCCC(=O)NCCOCCOCC(=O)NCCOCCOCC(=O)O. The van der Waals surface area contributed by atoms with Crippen LogP contribution in [0, 0.1) is 0 Å². The molecule has 0 aromatic rings. The highest BCUT2D eigenvalue weighted by atomic mass is 16.5. The highest BCUT2D eigenvalue weighted by Crippen LogP contribution is 2.14. The fraction of sp³-hybridized carbons (Fsp3) is 0.882. The molecule has 2 amide bonds. The van der Waals surface area contributed by atoms with Crippen molar-refractivity contribution >= 4 is 23.8 Å². The van der Waals surface area contributed by atoms with Gasteiger partial charge >= 0.3 is 11.9 Å². The normalized spacial score (nSPS) is 11.0. The number of unbranched alkanes of at least 4 members (excludes halogenated alkanes) is 14. The van der Waals surface area contributed by atoms with Crippen molar-refractivity contribution in [3.05, 3.63) is 0 Å². The molecule has 0 aliphatic heterocycles. The van der Waals surface area contributed by atoms with E-state index in [0.29, 0.717) is 52.4 Å². The second-order valence-electron chi connectivity index (χ2n) is 11.4. The van der Waals surface area contributed by atoms with E-state index in [1.54, 1.807) is 0 Å². The molecule has 3 N–H and O–H groups in total. The van der Waals surface area contributed by atoms with Gasteiger partial charge in [0.2, 0.25) is 11.8 Å². The van der Waals surface area contributed by atoms with Crippen molar-refractivity contribution in [1.29, 1.82) is 0 Å². The Morgan fingerprint density at radius 2 is 0.913 bits per heavy atom. The van der Waals surface area contributed by atoms with Gasteiger partial charge in [0, 0.05) is 25.9 Å². The maximum absolute atomic E-state index is 12.0. The van der Waals surface area contributed by atoms with Crippen LogP contribution in [-0.2, 0) is 42.9 Å². The fourth-order valence-corrected chi connectivity index (χ4v) is 4.51. The van der Waals surface area contributed by atoms with Crippen molar-refractivity contribution in [2.24, 2.45) is 0 Å². The molecule has 0 fully saturated rings. The van der Waals surface area contributed by atoms with Crippen molar-refractivity contribution in [1.82, 2.24) is 10.6 Å². The molecule has 270 valence electrons. The summed E-state index contributed by atoms with van der Waals surface area (Å²) >= 11 is 0. The number of nitrogens with one attached hydrogen (secondary N) is 2. The topological polar surface area (TPSA) is 159 Å². The third-order valence-electron chi connectivity index (χ3n) is 7.14. The predicted molar refractivity (Wildman–Crippen MR) is 177 cm³/mol. The number of esters is 1. The molecular formula is C34H64N2O10. The van der Waals surface area contributed by atoms with E-state index in [9.17, 15) is 19.2 Å². The van der Waals surface area contributed by atoms with Crippen LogP contribution in [0.25, 0.3) is 0 Å². The van der Waals surface area contributed by atoms with Crippen molar-refractivity contribution in [2.75, 3.05) is 72.6 Å². The lowest BCUT2D eigenvalue weighted by Crippen LogP contribution is -2.31. The average molecular weight is 661 g/mol. The van der Waals surface area contributed by atoms with Gasteiger partial charge in [-0.15, -0.1) is 0 Å². The minimum atomic E-state index is -1.03. The first-order valence-corrected chi connectivity index (χ1v) is 17.7. The molecule has 0 radical (unpaired) electrons. The third kappa shape index (κ3) is 36.2. The zero-order valence-corrected chi connectivity index (χ0v) is 28.6. The Hall–Kier alpha value is -2.28. The summed E-state index contributed by atoms with van der Waals surface area (Å²) in [5, 5.41) is 14.0. The molecular weight excluding hydrogens is 596 g/mol. The van der Waals surface area contributed by atoms with Crippen LogP contribution in [0.1, 0.15) is 122 Å². The van der Waals surface area contributed by atoms with E-state index in [1.165, 1.54) is 64.2 Å². The lowest BCUT2D eigenvalue weighted by Gasteiger charge is -2.08. The summed E-state index contributed by atoms with van der Waals surface area (Å²) in [5.41, 5.74) is 0. The third-order valence-corrected chi connectivity index (χ3v) is 7.14. The summed E-state index contributed by atoms with van der Waals surface area (Å²) in [6.45, 7) is 4.74. The molecule has 0 spiro atoms. The number of hydrogen-bond donors (Lipinski definition) is 3. The predicted octanol–water partition coefficient (Wildman–Crippen LogP) is 4.95. The first kappa shape index (κ1) is 43.7. The number of ether oxygens (including phenoxy) is 5. The zero-order valence-electron chi connectivity index (χ0n) is 28.6. The molecule has 46 heavy (non-hydrogen) atoms. The monoisotopic (exact) mass is 660 g/mol. The van der Waals surface area contributed by atoms with E-state index >= 15 is 0 Å². The quantitative estimate of drug-likeness (QED) is 0.0620. The first-order chi connectivity index (χ1) is 22.5. The first-order valence-electron chi connectivity index (χ1n) is 17.7. The number of carboxylic acids is 1. The number of carbonyl (C=O) groups excluding carboxylic acids is 3. The van der Waals surface area contributed by atoms with Crippen molar-refractivity contribution in [3.8, 4) is 0 Å². The van der Waals surface area contributed by atoms with Gasteiger partial charge in [-0.3, -0.25) is 14.4 Å². The summed E-state index contributed by atoms with van der Waals surface area (Å²) in [4.78, 5) is 45.5. The van der Waals surface area contributed by atoms with E-state index < -0.39 is 5.97 Å². The van der Waals surface area contributed by atoms with E-state index in [2.05, 4.69) is 17.6 Å². The highest BCUT2D eigenvalue weighted by molar-refractivity contribution is 5.77. The van der Waals surface area contributed by atoms with Crippen LogP contribution >= 0.6 is 0 Å². The van der Waals surface area contributed by atoms with Gasteiger partial charge in [0.05, 0.1) is 46.2 Å². The fourth-order valence-electron chi connectivity index (χ4n) is 4.51. The Bertz CT molecular complexity index is 739. The summed E-state index contributed by atoms with van der Waals surface area (Å²) in [6.07, 6.45) is 19.9. The van der Waals surface area contributed by atoms with Gasteiger partial charge in [0.1, 0.15) is 13.2 Å². The Balaban J connectivity index is 3.27. The van der Waals surface area contributed by atoms with Crippen LogP contribution in [-0.4, -0.2) is 101 Å². The molecule has 0 unspecified atom stereocenters. The van der Waals surface area contributed by atoms with Crippen molar-refractivity contribution in [2.45, 2.75) is 122 Å². The summed E-state index contributed by atoms with van der Waals surface area (Å²) in [5.74, 6) is -1.28. The number of amides is 2. The molecule has 12 nitrogen and oxygen atoms in total. The van der Waals surface area contributed by atoms with Crippen molar-refractivity contribution in [3.63, 3.8) is 0 Å². The molecule has 0 saturated carbocycles. The Morgan fingerprint density at radius 1 is 0.478 bits per heavy atom. The number of carbonyl (C=O) groups is 4. The molecule has 0 atom stereocenters. The van der Waals surface area contributed by atoms with E-state index in [-0.39, 0.29) is 50.8 Å². The summed E-state index contributed by atoms with van der Waals surface area (Å²) in [6, 6.07) is 0. The Morgan fingerprint density at radius 3 is 1.41 bits per heavy atom. The van der Waals surface area contributed by atoms with E-state index in [1.807, 2.05) is 0 Å². The second-order valence-corrected chi connectivity index (χ2v) is 11.4. The maximum Gasteiger partial charge on any atom is 0.329 e. The van der Waals surface area contributed by atoms with Crippen LogP contribution in [0.2, 0.25) is 0 Å². The number of rotatable bonds is 36. The summed E-state index contributed by atoms with van der Waals surface area (Å²) < 4.78 is 25.9. The molecule has 0 saturated heterocycles. The van der Waals surface area contributed by atoms with Crippen LogP contribution in [0.4, 0.5) is 0 Å². The standard InChI is InChI=1S/C34H64N2O10/c1-2-3-22-46-34(41)19-17-15-13-11-9-7-5-4-6-8-10-12-14-16-18-31(37)35-20-23-42-25-27-44-29-32(38)36-21-24-43-26-28-45-30-33(39)40/h2-30H2,1H3,(H,35,37)(H,36,38)(H,39,40). The lowest BCUT2D eigenvalue weighted by atomic mass is 10.0. The molecule has 12 heteroatoms.